The lowest BCUT2D eigenvalue weighted by Crippen LogP contribution is -2.26. The third-order valence-corrected chi connectivity index (χ3v) is 3.09. The smallest absolute Gasteiger partial charge is 0.282 e. The van der Waals surface area contributed by atoms with Gasteiger partial charge in [-0.05, 0) is 12.1 Å². The fourth-order valence-electron chi connectivity index (χ4n) is 0.730. The maximum atomic E-state index is 11.5. The van der Waals surface area contributed by atoms with E-state index in [0.717, 1.165) is 4.47 Å². The molecule has 5 nitrogen and oxygen atoms in total. The summed E-state index contributed by atoms with van der Waals surface area (Å²) < 4.78 is 23.8. The van der Waals surface area contributed by atoms with Gasteiger partial charge >= 0.3 is 0 Å². The van der Waals surface area contributed by atoms with E-state index < -0.39 is 10.0 Å². The minimum atomic E-state index is -3.59. The first-order valence-electron chi connectivity index (χ1n) is 3.53. The highest BCUT2D eigenvalue weighted by Gasteiger charge is 2.21. The van der Waals surface area contributed by atoms with E-state index >= 15 is 0 Å². The summed E-state index contributed by atoms with van der Waals surface area (Å²) in [5, 5.41) is -0.0284. The molecular weight excluding hydrogens is 192 g/mol. The highest BCUT2D eigenvalue weighted by molar-refractivity contribution is 7.88. The van der Waals surface area contributed by atoms with Crippen molar-refractivity contribution in [2.45, 2.75) is 5.03 Å². The van der Waals surface area contributed by atoms with Gasteiger partial charge in [-0.2, -0.15) is 0 Å². The first-order valence-corrected chi connectivity index (χ1v) is 4.97. The molecule has 0 saturated carbocycles. The molecule has 1 aromatic rings. The molecule has 0 saturated heterocycles. The third-order valence-electron chi connectivity index (χ3n) is 1.50. The van der Waals surface area contributed by atoms with Gasteiger partial charge in [-0.25, -0.2) is 13.4 Å². The lowest BCUT2D eigenvalue weighted by atomic mass is 10.5. The van der Waals surface area contributed by atoms with E-state index in [2.05, 4.69) is 9.82 Å². The van der Waals surface area contributed by atoms with Crippen LogP contribution in [0.4, 0.5) is 0 Å². The number of sulfonamides is 1. The molecule has 0 unspecified atom stereocenters. The lowest BCUT2D eigenvalue weighted by molar-refractivity contribution is -0.0261. The third kappa shape index (κ3) is 2.03. The Bertz CT molecular complexity index is 363. The van der Waals surface area contributed by atoms with E-state index in [1.807, 2.05) is 0 Å². The maximum Gasteiger partial charge on any atom is 0.282 e. The molecular formula is C7H10N2O3S. The van der Waals surface area contributed by atoms with E-state index in [1.54, 1.807) is 12.1 Å². The molecule has 1 heterocycles. The van der Waals surface area contributed by atoms with Crippen LogP contribution in [-0.4, -0.2) is 32.0 Å². The molecule has 0 atom stereocenters. The summed E-state index contributed by atoms with van der Waals surface area (Å²) in [6.07, 6.45) is 1.41. The molecule has 0 spiro atoms. The van der Waals surface area contributed by atoms with Crippen LogP contribution in [0.5, 0.6) is 0 Å². The second kappa shape index (κ2) is 3.82. The van der Waals surface area contributed by atoms with Crippen LogP contribution in [0.15, 0.2) is 29.4 Å². The molecule has 0 aliphatic heterocycles. The number of hydroxylamine groups is 1. The molecule has 1 rings (SSSR count). The minimum Gasteiger partial charge on any atom is -0.288 e. The molecule has 0 radical (unpaired) electrons. The van der Waals surface area contributed by atoms with Gasteiger partial charge in [0, 0.05) is 13.2 Å². The summed E-state index contributed by atoms with van der Waals surface area (Å²) in [4.78, 5) is 8.28. The number of hydrogen-bond donors (Lipinski definition) is 0. The van der Waals surface area contributed by atoms with Crippen molar-refractivity contribution in [2.24, 2.45) is 0 Å². The van der Waals surface area contributed by atoms with Crippen LogP contribution in [0, 0.1) is 0 Å². The summed E-state index contributed by atoms with van der Waals surface area (Å²) in [6, 6.07) is 4.65. The van der Waals surface area contributed by atoms with Gasteiger partial charge in [-0.15, -0.1) is 0 Å². The van der Waals surface area contributed by atoms with E-state index in [9.17, 15) is 8.42 Å². The topological polar surface area (TPSA) is 59.5 Å². The van der Waals surface area contributed by atoms with Crippen molar-refractivity contribution in [3.05, 3.63) is 24.4 Å². The highest BCUT2D eigenvalue weighted by atomic mass is 32.2. The molecule has 6 heteroatoms. The van der Waals surface area contributed by atoms with Crippen LogP contribution in [0.1, 0.15) is 0 Å². The van der Waals surface area contributed by atoms with Crippen molar-refractivity contribution in [3.63, 3.8) is 0 Å². The Balaban J connectivity index is 3.09. The monoisotopic (exact) mass is 202 g/mol. The lowest BCUT2D eigenvalue weighted by Gasteiger charge is -2.12. The average Bonchev–Trinajstić information content (AvgIpc) is 2.18. The Labute approximate surface area is 77.0 Å². The predicted octanol–water partition coefficient (Wildman–Crippen LogP) is 0.264. The second-order valence-electron chi connectivity index (χ2n) is 2.27. The fraction of sp³-hybridized carbons (Fsp3) is 0.286. The SMILES string of the molecule is CON(C)S(=O)(=O)c1ccccn1. The van der Waals surface area contributed by atoms with Crippen LogP contribution >= 0.6 is 0 Å². The Morgan fingerprint density at radius 3 is 2.62 bits per heavy atom. The number of hydrogen-bond acceptors (Lipinski definition) is 4. The normalized spacial score (nSPS) is 11.9. The number of pyridine rings is 1. The number of rotatable bonds is 3. The Kier molecular flexibility index (Phi) is 2.97. The van der Waals surface area contributed by atoms with E-state index in [1.165, 1.54) is 26.4 Å². The van der Waals surface area contributed by atoms with Crippen molar-refractivity contribution < 1.29 is 13.3 Å². The molecule has 0 aliphatic carbocycles. The van der Waals surface area contributed by atoms with Crippen LogP contribution < -0.4 is 0 Å². The standard InChI is InChI=1S/C7H10N2O3S/c1-9(12-2)13(10,11)7-5-3-4-6-8-7/h3-6H,1-2H3. The summed E-state index contributed by atoms with van der Waals surface area (Å²) in [5.41, 5.74) is 0. The average molecular weight is 202 g/mol. The molecule has 1 aromatic heterocycles. The maximum absolute atomic E-state index is 11.5. The van der Waals surface area contributed by atoms with Crippen molar-refractivity contribution in [1.29, 1.82) is 0 Å². The summed E-state index contributed by atoms with van der Waals surface area (Å²) in [7, 11) is -1.00. The zero-order valence-electron chi connectivity index (χ0n) is 7.34. The quantitative estimate of drug-likeness (QED) is 0.660. The molecule has 0 amide bonds. The molecule has 0 fully saturated rings. The molecule has 0 N–H and O–H groups in total. The van der Waals surface area contributed by atoms with Gasteiger partial charge in [0.2, 0.25) is 0 Å². The van der Waals surface area contributed by atoms with Crippen LogP contribution in [0.3, 0.4) is 0 Å². The van der Waals surface area contributed by atoms with Crippen molar-refractivity contribution >= 4 is 10.0 Å². The largest absolute Gasteiger partial charge is 0.288 e. The molecule has 0 bridgehead atoms. The first kappa shape index (κ1) is 10.1. The predicted molar refractivity (Wildman–Crippen MR) is 46.2 cm³/mol. The van der Waals surface area contributed by atoms with Gasteiger partial charge in [0.05, 0.1) is 7.11 Å². The van der Waals surface area contributed by atoms with E-state index in [-0.39, 0.29) is 5.03 Å². The van der Waals surface area contributed by atoms with E-state index in [0.29, 0.717) is 0 Å². The Morgan fingerprint density at radius 1 is 1.46 bits per heavy atom. The van der Waals surface area contributed by atoms with Gasteiger partial charge in [-0.1, -0.05) is 10.5 Å². The highest BCUT2D eigenvalue weighted by Crippen LogP contribution is 2.09. The zero-order valence-corrected chi connectivity index (χ0v) is 8.15. The van der Waals surface area contributed by atoms with Crippen LogP contribution in [0.25, 0.3) is 0 Å². The summed E-state index contributed by atoms with van der Waals surface area (Å²) in [6.45, 7) is 0. The molecule has 13 heavy (non-hydrogen) atoms. The van der Waals surface area contributed by atoms with Gasteiger partial charge in [0.1, 0.15) is 0 Å². The summed E-state index contributed by atoms with van der Waals surface area (Å²) in [5.74, 6) is 0. The van der Waals surface area contributed by atoms with Crippen LogP contribution in [0.2, 0.25) is 0 Å². The second-order valence-corrected chi connectivity index (χ2v) is 4.15. The fourth-order valence-corrected chi connectivity index (χ4v) is 1.63. The molecule has 72 valence electrons. The van der Waals surface area contributed by atoms with Crippen molar-refractivity contribution in [3.8, 4) is 0 Å². The van der Waals surface area contributed by atoms with Crippen molar-refractivity contribution in [1.82, 2.24) is 9.45 Å². The summed E-state index contributed by atoms with van der Waals surface area (Å²) >= 11 is 0. The Morgan fingerprint density at radius 2 is 2.15 bits per heavy atom. The minimum absolute atomic E-state index is 0.0284. The van der Waals surface area contributed by atoms with E-state index in [4.69, 9.17) is 0 Å². The van der Waals surface area contributed by atoms with Gasteiger partial charge < -0.3 is 0 Å². The number of nitrogens with zero attached hydrogens (tertiary/aromatic N) is 2. The van der Waals surface area contributed by atoms with Crippen molar-refractivity contribution in [2.75, 3.05) is 14.2 Å². The molecule has 0 aliphatic rings. The Hall–Kier alpha value is -0.980. The molecule has 0 aromatic carbocycles. The van der Waals surface area contributed by atoms with Gasteiger partial charge in [0.15, 0.2) is 5.03 Å². The van der Waals surface area contributed by atoms with Crippen LogP contribution in [-0.2, 0) is 14.9 Å². The van der Waals surface area contributed by atoms with Gasteiger partial charge in [0.25, 0.3) is 10.0 Å². The zero-order chi connectivity index (χ0) is 9.90. The van der Waals surface area contributed by atoms with Gasteiger partial charge in [-0.3, -0.25) is 4.84 Å². The first-order chi connectivity index (χ1) is 6.09. The number of aromatic nitrogens is 1.